The SMILES string of the molecule is COc1ccc(C(=O)Nc2cccc(SC(C(=O)Nc3ccc(Br)cc3F)c3ccccc3)c2)cc1OC. The highest BCUT2D eigenvalue weighted by Gasteiger charge is 2.23. The number of thioether (sulfide) groups is 1. The number of methoxy groups -OCH3 is 2. The Hall–Kier alpha value is -3.82. The first-order chi connectivity index (χ1) is 18.4. The summed E-state index contributed by atoms with van der Waals surface area (Å²) in [4.78, 5) is 26.9. The Labute approximate surface area is 232 Å². The summed E-state index contributed by atoms with van der Waals surface area (Å²) in [7, 11) is 3.03. The first-order valence-electron chi connectivity index (χ1n) is 11.5. The molecule has 1 atom stereocenters. The Balaban J connectivity index is 1.54. The van der Waals surface area contributed by atoms with Gasteiger partial charge in [-0.1, -0.05) is 52.3 Å². The Kier molecular flexibility index (Phi) is 9.04. The van der Waals surface area contributed by atoms with E-state index < -0.39 is 11.1 Å². The van der Waals surface area contributed by atoms with Crippen LogP contribution in [-0.4, -0.2) is 26.0 Å². The summed E-state index contributed by atoms with van der Waals surface area (Å²) in [6, 6.07) is 25.8. The number of rotatable bonds is 9. The van der Waals surface area contributed by atoms with E-state index in [1.165, 1.54) is 38.1 Å². The van der Waals surface area contributed by atoms with Crippen molar-refractivity contribution < 1.29 is 23.5 Å². The van der Waals surface area contributed by atoms with Gasteiger partial charge in [0.1, 0.15) is 11.1 Å². The van der Waals surface area contributed by atoms with Crippen molar-refractivity contribution in [1.82, 2.24) is 0 Å². The van der Waals surface area contributed by atoms with E-state index in [2.05, 4.69) is 26.6 Å². The number of benzene rings is 4. The molecule has 2 amide bonds. The molecule has 0 aliphatic rings. The van der Waals surface area contributed by atoms with Gasteiger partial charge in [0.25, 0.3) is 5.91 Å². The van der Waals surface area contributed by atoms with Crippen LogP contribution >= 0.6 is 27.7 Å². The van der Waals surface area contributed by atoms with Crippen molar-refractivity contribution in [2.24, 2.45) is 0 Å². The fourth-order valence-electron chi connectivity index (χ4n) is 3.65. The number of halogens is 2. The molecule has 4 aromatic rings. The van der Waals surface area contributed by atoms with E-state index >= 15 is 0 Å². The smallest absolute Gasteiger partial charge is 0.255 e. The molecule has 2 N–H and O–H groups in total. The van der Waals surface area contributed by atoms with Crippen LogP contribution in [0.4, 0.5) is 15.8 Å². The molecule has 0 spiro atoms. The Morgan fingerprint density at radius 3 is 2.32 bits per heavy atom. The third kappa shape index (κ3) is 6.73. The molecule has 0 fully saturated rings. The lowest BCUT2D eigenvalue weighted by molar-refractivity contribution is -0.115. The summed E-state index contributed by atoms with van der Waals surface area (Å²) in [5, 5.41) is 4.91. The van der Waals surface area contributed by atoms with Crippen molar-refractivity contribution in [1.29, 1.82) is 0 Å². The van der Waals surface area contributed by atoms with Gasteiger partial charge in [0.2, 0.25) is 5.91 Å². The number of carbonyl (C=O) groups is 2. The molecule has 0 aliphatic carbocycles. The Bertz CT molecular complexity index is 1450. The van der Waals surface area contributed by atoms with Crippen LogP contribution in [0.2, 0.25) is 0 Å². The van der Waals surface area contributed by atoms with Crippen LogP contribution in [-0.2, 0) is 4.79 Å². The average molecular weight is 595 g/mol. The zero-order valence-electron chi connectivity index (χ0n) is 20.5. The standard InChI is InChI=1S/C29H24BrFN2O4S/c1-36-25-14-11-19(15-26(25)37-2)28(34)32-21-9-6-10-22(17-21)38-27(18-7-4-3-5-8-18)29(35)33-24-13-12-20(30)16-23(24)31/h3-17,27H,1-2H3,(H,32,34)(H,33,35). The summed E-state index contributed by atoms with van der Waals surface area (Å²) in [6.45, 7) is 0. The largest absolute Gasteiger partial charge is 0.493 e. The summed E-state index contributed by atoms with van der Waals surface area (Å²) < 4.78 is 25.5. The van der Waals surface area contributed by atoms with Crippen molar-refractivity contribution in [3.8, 4) is 11.5 Å². The van der Waals surface area contributed by atoms with E-state index in [4.69, 9.17) is 9.47 Å². The zero-order valence-corrected chi connectivity index (χ0v) is 22.9. The lowest BCUT2D eigenvalue weighted by Crippen LogP contribution is -2.19. The normalized spacial score (nSPS) is 11.4. The molecule has 0 heterocycles. The summed E-state index contributed by atoms with van der Waals surface area (Å²) in [5.74, 6) is -0.262. The predicted octanol–water partition coefficient (Wildman–Crippen LogP) is 7.33. The molecule has 194 valence electrons. The van der Waals surface area contributed by atoms with Crippen LogP contribution in [0, 0.1) is 5.82 Å². The van der Waals surface area contributed by atoms with Crippen LogP contribution in [0.3, 0.4) is 0 Å². The molecule has 4 aromatic carbocycles. The van der Waals surface area contributed by atoms with Crippen molar-refractivity contribution >= 4 is 50.9 Å². The highest BCUT2D eigenvalue weighted by atomic mass is 79.9. The van der Waals surface area contributed by atoms with Gasteiger partial charge in [0, 0.05) is 20.6 Å². The van der Waals surface area contributed by atoms with Gasteiger partial charge < -0.3 is 20.1 Å². The van der Waals surface area contributed by atoms with Crippen LogP contribution in [0.15, 0.2) is 100 Å². The molecule has 4 rings (SSSR count). The topological polar surface area (TPSA) is 76.7 Å². The molecule has 9 heteroatoms. The molecule has 0 radical (unpaired) electrons. The third-order valence-corrected chi connectivity index (χ3v) is 7.26. The number of hydrogen-bond acceptors (Lipinski definition) is 5. The van der Waals surface area contributed by atoms with Gasteiger partial charge in [0.15, 0.2) is 11.5 Å². The summed E-state index contributed by atoms with van der Waals surface area (Å²) >= 11 is 4.52. The minimum Gasteiger partial charge on any atom is -0.493 e. The molecule has 0 aromatic heterocycles. The van der Waals surface area contributed by atoms with Crippen LogP contribution in [0.5, 0.6) is 11.5 Å². The number of hydrogen-bond donors (Lipinski definition) is 2. The number of nitrogens with one attached hydrogen (secondary N) is 2. The second-order valence-electron chi connectivity index (χ2n) is 8.07. The predicted molar refractivity (Wildman–Crippen MR) is 152 cm³/mol. The van der Waals surface area contributed by atoms with Crippen LogP contribution in [0.25, 0.3) is 0 Å². The molecule has 0 bridgehead atoms. The number of ether oxygens (including phenoxy) is 2. The quantitative estimate of drug-likeness (QED) is 0.198. The minimum atomic E-state index is -0.670. The lowest BCUT2D eigenvalue weighted by Gasteiger charge is -2.18. The van der Waals surface area contributed by atoms with Crippen molar-refractivity contribution in [3.05, 3.63) is 112 Å². The summed E-state index contributed by atoms with van der Waals surface area (Å²) in [5.41, 5.74) is 1.81. The Morgan fingerprint density at radius 1 is 0.842 bits per heavy atom. The molecular formula is C29H24BrFN2O4S. The van der Waals surface area contributed by atoms with E-state index in [1.54, 1.807) is 42.5 Å². The molecule has 0 saturated heterocycles. The van der Waals surface area contributed by atoms with Crippen molar-refractivity contribution in [2.45, 2.75) is 10.1 Å². The molecule has 6 nitrogen and oxygen atoms in total. The molecule has 38 heavy (non-hydrogen) atoms. The minimum absolute atomic E-state index is 0.0932. The van der Waals surface area contributed by atoms with Gasteiger partial charge in [-0.25, -0.2) is 4.39 Å². The van der Waals surface area contributed by atoms with E-state index in [9.17, 15) is 14.0 Å². The van der Waals surface area contributed by atoms with Gasteiger partial charge in [0.05, 0.1) is 19.9 Å². The number of amides is 2. The molecule has 1 unspecified atom stereocenters. The fraction of sp³-hybridized carbons (Fsp3) is 0.103. The maximum absolute atomic E-state index is 14.4. The van der Waals surface area contributed by atoms with Crippen LogP contribution in [0.1, 0.15) is 21.2 Å². The van der Waals surface area contributed by atoms with Crippen LogP contribution < -0.4 is 20.1 Å². The van der Waals surface area contributed by atoms with Gasteiger partial charge in [-0.15, -0.1) is 11.8 Å². The maximum atomic E-state index is 14.4. The molecule has 0 aliphatic heterocycles. The first kappa shape index (κ1) is 27.2. The lowest BCUT2D eigenvalue weighted by atomic mass is 10.1. The van der Waals surface area contributed by atoms with E-state index in [0.29, 0.717) is 27.2 Å². The van der Waals surface area contributed by atoms with Gasteiger partial charge >= 0.3 is 0 Å². The second kappa shape index (κ2) is 12.6. The highest BCUT2D eigenvalue weighted by Crippen LogP contribution is 2.37. The number of carbonyl (C=O) groups excluding carboxylic acids is 2. The van der Waals surface area contributed by atoms with E-state index in [0.717, 1.165) is 10.5 Å². The van der Waals surface area contributed by atoms with Gasteiger partial charge in [-0.2, -0.15) is 0 Å². The van der Waals surface area contributed by atoms with Gasteiger partial charge in [-0.3, -0.25) is 9.59 Å². The molecular weight excluding hydrogens is 571 g/mol. The Morgan fingerprint density at radius 2 is 1.61 bits per heavy atom. The van der Waals surface area contributed by atoms with E-state index in [-0.39, 0.29) is 17.5 Å². The monoisotopic (exact) mass is 594 g/mol. The summed E-state index contributed by atoms with van der Waals surface area (Å²) in [6.07, 6.45) is 0. The second-order valence-corrected chi connectivity index (χ2v) is 10.2. The van der Waals surface area contributed by atoms with Gasteiger partial charge in [-0.05, 0) is 60.2 Å². The average Bonchev–Trinajstić information content (AvgIpc) is 2.93. The third-order valence-electron chi connectivity index (χ3n) is 5.52. The fourth-order valence-corrected chi connectivity index (χ4v) is 5.07. The number of anilines is 2. The van der Waals surface area contributed by atoms with E-state index in [1.807, 2.05) is 36.4 Å². The first-order valence-corrected chi connectivity index (χ1v) is 13.2. The molecule has 0 saturated carbocycles. The van der Waals surface area contributed by atoms with Crippen molar-refractivity contribution in [3.63, 3.8) is 0 Å². The van der Waals surface area contributed by atoms with Crippen molar-refractivity contribution in [2.75, 3.05) is 24.9 Å². The zero-order chi connectivity index (χ0) is 27.1. The maximum Gasteiger partial charge on any atom is 0.255 e. The highest BCUT2D eigenvalue weighted by molar-refractivity contribution is 9.10.